The molecule has 8 heteroatoms. The summed E-state index contributed by atoms with van der Waals surface area (Å²) in [7, 11) is 0. The van der Waals surface area contributed by atoms with Crippen LogP contribution in [0.1, 0.15) is 16.1 Å². The van der Waals surface area contributed by atoms with E-state index in [1.54, 1.807) is 0 Å². The van der Waals surface area contributed by atoms with Crippen molar-refractivity contribution >= 4 is 11.6 Å². The predicted molar refractivity (Wildman–Crippen MR) is 84.6 cm³/mol. The van der Waals surface area contributed by atoms with E-state index < -0.39 is 23.5 Å². The van der Waals surface area contributed by atoms with Crippen molar-refractivity contribution in [1.29, 1.82) is 0 Å². The van der Waals surface area contributed by atoms with Gasteiger partial charge in [0, 0.05) is 0 Å². The van der Waals surface area contributed by atoms with Gasteiger partial charge in [-0.3, -0.25) is 4.79 Å². The molecule has 0 aliphatic rings. The van der Waals surface area contributed by atoms with Gasteiger partial charge in [0.1, 0.15) is 11.6 Å². The second-order valence-corrected chi connectivity index (χ2v) is 5.20. The van der Waals surface area contributed by atoms with Gasteiger partial charge in [0.05, 0.1) is 17.5 Å². The Labute approximate surface area is 145 Å². The zero-order chi connectivity index (χ0) is 18.7. The quantitative estimate of drug-likeness (QED) is 0.623. The van der Waals surface area contributed by atoms with Crippen molar-refractivity contribution in [1.82, 2.24) is 0 Å². The maximum Gasteiger partial charge on any atom is 0.416 e. The number of halogens is 4. The highest BCUT2D eigenvalue weighted by Gasteiger charge is 2.31. The van der Waals surface area contributed by atoms with Crippen LogP contribution < -0.4 is 10.1 Å². The van der Waals surface area contributed by atoms with E-state index in [1.165, 1.54) is 30.5 Å². The molecular weight excluding hydrogens is 354 g/mol. The van der Waals surface area contributed by atoms with Crippen LogP contribution in [0.25, 0.3) is 0 Å². The molecule has 4 nitrogen and oxygen atoms in total. The predicted octanol–water partition coefficient (Wildman–Crippen LogP) is 5.48. The molecule has 1 heterocycles. The number of rotatable bonds is 4. The first kappa shape index (κ1) is 17.5. The third-order valence-electron chi connectivity index (χ3n) is 3.34. The smallest absolute Gasteiger partial charge is 0.416 e. The molecule has 0 saturated carbocycles. The van der Waals surface area contributed by atoms with E-state index in [4.69, 9.17) is 9.15 Å². The zero-order valence-corrected chi connectivity index (χ0v) is 13.0. The highest BCUT2D eigenvalue weighted by molar-refractivity contribution is 6.03. The number of anilines is 1. The SMILES string of the molecule is O=C(Nc1cc(C(F)(F)F)ccc1Oc1ccc(F)cc1)c1ccco1. The summed E-state index contributed by atoms with van der Waals surface area (Å²) < 4.78 is 62.3. The van der Waals surface area contributed by atoms with Gasteiger partial charge in [0.2, 0.25) is 0 Å². The molecule has 3 rings (SSSR count). The monoisotopic (exact) mass is 365 g/mol. The minimum absolute atomic E-state index is 0.0375. The summed E-state index contributed by atoms with van der Waals surface area (Å²) in [5.74, 6) is -1.14. The second kappa shape index (κ2) is 6.91. The van der Waals surface area contributed by atoms with Crippen molar-refractivity contribution in [2.24, 2.45) is 0 Å². The molecule has 3 aromatic rings. The molecule has 1 amide bonds. The fraction of sp³-hybridized carbons (Fsp3) is 0.0556. The Hall–Kier alpha value is -3.29. The first-order chi connectivity index (χ1) is 12.3. The summed E-state index contributed by atoms with van der Waals surface area (Å²) in [6.45, 7) is 0. The van der Waals surface area contributed by atoms with Crippen LogP contribution in [0, 0.1) is 5.82 Å². The molecule has 2 aromatic carbocycles. The molecule has 26 heavy (non-hydrogen) atoms. The van der Waals surface area contributed by atoms with Crippen molar-refractivity contribution in [3.05, 3.63) is 78.0 Å². The van der Waals surface area contributed by atoms with Gasteiger partial charge in [0.15, 0.2) is 11.5 Å². The van der Waals surface area contributed by atoms with Crippen LogP contribution in [0.4, 0.5) is 23.2 Å². The molecule has 134 valence electrons. The highest BCUT2D eigenvalue weighted by Crippen LogP contribution is 2.37. The largest absolute Gasteiger partial charge is 0.459 e. The lowest BCUT2D eigenvalue weighted by Gasteiger charge is -2.15. The summed E-state index contributed by atoms with van der Waals surface area (Å²) in [5.41, 5.74) is -1.16. The molecule has 0 saturated heterocycles. The van der Waals surface area contributed by atoms with Crippen LogP contribution in [0.5, 0.6) is 11.5 Å². The maximum atomic E-state index is 13.0. The number of hydrogen-bond donors (Lipinski definition) is 1. The summed E-state index contributed by atoms with van der Waals surface area (Å²) >= 11 is 0. The molecule has 0 spiro atoms. The summed E-state index contributed by atoms with van der Waals surface area (Å²) in [5, 5.41) is 2.33. The number of amides is 1. The Morgan fingerprint density at radius 3 is 2.38 bits per heavy atom. The summed E-state index contributed by atoms with van der Waals surface area (Å²) in [6, 6.07) is 10.4. The number of ether oxygens (including phenoxy) is 1. The van der Waals surface area contributed by atoms with Crippen LogP contribution in [0.15, 0.2) is 65.3 Å². The topological polar surface area (TPSA) is 51.5 Å². The third kappa shape index (κ3) is 4.02. The van der Waals surface area contributed by atoms with E-state index in [0.29, 0.717) is 0 Å². The Kier molecular flexibility index (Phi) is 4.66. The van der Waals surface area contributed by atoms with Crippen LogP contribution in [-0.2, 0) is 6.18 Å². The third-order valence-corrected chi connectivity index (χ3v) is 3.34. The average molecular weight is 365 g/mol. The fourth-order valence-corrected chi connectivity index (χ4v) is 2.11. The van der Waals surface area contributed by atoms with Gasteiger partial charge < -0.3 is 14.5 Å². The first-order valence-electron chi connectivity index (χ1n) is 7.32. The number of nitrogens with one attached hydrogen (secondary N) is 1. The van der Waals surface area contributed by atoms with Crippen LogP contribution in [0.2, 0.25) is 0 Å². The van der Waals surface area contributed by atoms with Crippen molar-refractivity contribution in [3.8, 4) is 11.5 Å². The standard InChI is InChI=1S/C18H11F4NO3/c19-12-4-6-13(7-5-12)26-15-8-3-11(18(20,21)22)10-14(15)23-17(24)16-2-1-9-25-16/h1-10H,(H,23,24). The molecule has 0 radical (unpaired) electrons. The van der Waals surface area contributed by atoms with E-state index in [1.807, 2.05) is 0 Å². The van der Waals surface area contributed by atoms with Crippen molar-refractivity contribution in [3.63, 3.8) is 0 Å². The van der Waals surface area contributed by atoms with Gasteiger partial charge in [-0.2, -0.15) is 13.2 Å². The molecule has 1 N–H and O–H groups in total. The number of furan rings is 1. The number of benzene rings is 2. The molecule has 0 bridgehead atoms. The number of carbonyl (C=O) groups excluding carboxylic acids is 1. The van der Waals surface area contributed by atoms with Gasteiger partial charge in [0.25, 0.3) is 5.91 Å². The Morgan fingerprint density at radius 2 is 1.77 bits per heavy atom. The highest BCUT2D eigenvalue weighted by atomic mass is 19.4. The molecule has 1 aromatic heterocycles. The van der Waals surface area contributed by atoms with Crippen LogP contribution in [-0.4, -0.2) is 5.91 Å². The van der Waals surface area contributed by atoms with E-state index in [0.717, 1.165) is 30.3 Å². The summed E-state index contributed by atoms with van der Waals surface area (Å²) in [6.07, 6.45) is -3.34. The minimum atomic E-state index is -4.60. The molecular formula is C18H11F4NO3. The number of alkyl halides is 3. The normalized spacial score (nSPS) is 11.2. The van der Waals surface area contributed by atoms with Crippen LogP contribution in [0.3, 0.4) is 0 Å². The van der Waals surface area contributed by atoms with Gasteiger partial charge in [-0.1, -0.05) is 0 Å². The second-order valence-electron chi connectivity index (χ2n) is 5.20. The average Bonchev–Trinajstić information content (AvgIpc) is 3.12. The van der Waals surface area contributed by atoms with Crippen LogP contribution >= 0.6 is 0 Å². The van der Waals surface area contributed by atoms with Crippen molar-refractivity contribution in [2.75, 3.05) is 5.32 Å². The molecule has 0 fully saturated rings. The van der Waals surface area contributed by atoms with Crippen molar-refractivity contribution in [2.45, 2.75) is 6.18 Å². The molecule has 0 aliphatic heterocycles. The van der Waals surface area contributed by atoms with Gasteiger partial charge in [-0.15, -0.1) is 0 Å². The van der Waals surface area contributed by atoms with Gasteiger partial charge >= 0.3 is 6.18 Å². The number of hydrogen-bond acceptors (Lipinski definition) is 3. The minimum Gasteiger partial charge on any atom is -0.459 e. The Balaban J connectivity index is 1.94. The molecule has 0 aliphatic carbocycles. The van der Waals surface area contributed by atoms with E-state index in [-0.39, 0.29) is 22.9 Å². The fourth-order valence-electron chi connectivity index (χ4n) is 2.11. The molecule has 0 atom stereocenters. The van der Waals surface area contributed by atoms with E-state index in [2.05, 4.69) is 5.32 Å². The van der Waals surface area contributed by atoms with Gasteiger partial charge in [-0.05, 0) is 54.6 Å². The van der Waals surface area contributed by atoms with E-state index in [9.17, 15) is 22.4 Å². The maximum absolute atomic E-state index is 13.0. The lowest BCUT2D eigenvalue weighted by Crippen LogP contribution is -2.13. The Bertz CT molecular complexity index is 903. The lowest BCUT2D eigenvalue weighted by molar-refractivity contribution is -0.137. The summed E-state index contributed by atoms with van der Waals surface area (Å²) in [4.78, 5) is 12.1. The lowest BCUT2D eigenvalue weighted by atomic mass is 10.1. The first-order valence-corrected chi connectivity index (χ1v) is 7.32. The Morgan fingerprint density at radius 1 is 1.04 bits per heavy atom. The van der Waals surface area contributed by atoms with Crippen molar-refractivity contribution < 1.29 is 31.5 Å². The van der Waals surface area contributed by atoms with E-state index >= 15 is 0 Å². The number of carbonyl (C=O) groups is 1. The zero-order valence-electron chi connectivity index (χ0n) is 13.0. The van der Waals surface area contributed by atoms with Gasteiger partial charge in [-0.25, -0.2) is 4.39 Å². The molecule has 0 unspecified atom stereocenters.